The van der Waals surface area contributed by atoms with E-state index in [9.17, 15) is 17.6 Å². The minimum Gasteiger partial charge on any atom is -1.00 e. The summed E-state index contributed by atoms with van der Waals surface area (Å²) in [4.78, 5) is 0. The topological polar surface area (TPSA) is 21.5 Å². The number of hydrogen-bond donors (Lipinski definition) is 0. The van der Waals surface area contributed by atoms with Gasteiger partial charge in [-0.2, -0.15) is 13.2 Å². The van der Waals surface area contributed by atoms with E-state index in [0.717, 1.165) is 23.3 Å². The number of rotatable bonds is 5. The second kappa shape index (κ2) is 9.83. The lowest BCUT2D eigenvalue weighted by Gasteiger charge is -2.21. The molecule has 3 aromatic carbocycles. The van der Waals surface area contributed by atoms with Gasteiger partial charge in [-0.25, -0.2) is 8.97 Å². The first kappa shape index (κ1) is 24.6. The fourth-order valence-corrected chi connectivity index (χ4v) is 4.06. The van der Waals surface area contributed by atoms with Gasteiger partial charge >= 0.3 is 6.18 Å². The Morgan fingerprint density at radius 2 is 1.61 bits per heavy atom. The van der Waals surface area contributed by atoms with Crippen molar-refractivity contribution >= 4 is 5.71 Å². The molecule has 0 amide bonds. The third kappa shape index (κ3) is 4.98. The molecule has 0 saturated heterocycles. The monoisotopic (exact) mass is 479 g/mol. The third-order valence-electron chi connectivity index (χ3n) is 5.61. The Hall–Kier alpha value is -3.06. The van der Waals surface area contributed by atoms with Crippen LogP contribution in [0.4, 0.5) is 17.6 Å². The van der Waals surface area contributed by atoms with Gasteiger partial charge in [0, 0.05) is 12.0 Å². The molecule has 0 unspecified atom stereocenters. The van der Waals surface area contributed by atoms with Crippen LogP contribution in [0.3, 0.4) is 0 Å². The second-order valence-corrected chi connectivity index (χ2v) is 7.55. The van der Waals surface area contributed by atoms with Crippen LogP contribution in [0.2, 0.25) is 0 Å². The van der Waals surface area contributed by atoms with Crippen molar-refractivity contribution < 1.29 is 44.0 Å². The standard InChI is InChI=1S/C25H22F4NO2.ClH/c1-31-22-13-16-10-11-30(15-18-6-3-4-9-21(18)26)24(20(16)14-23(22)32-2)17-7-5-8-19(12-17)25(27,28)29;/h3-9,12-14H,10-11,15H2,1-2H3;1H/q+1;/p-1. The number of ether oxygens (including phenoxy) is 2. The van der Waals surface area contributed by atoms with E-state index in [1.165, 1.54) is 26.4 Å². The second-order valence-electron chi connectivity index (χ2n) is 7.55. The zero-order chi connectivity index (χ0) is 22.9. The molecule has 3 nitrogen and oxygen atoms in total. The molecule has 0 atom stereocenters. The SMILES string of the molecule is COc1cc2c(cc1OC)C(c1cccc(C(F)(F)F)c1)=[N+](Cc1ccccc1F)CC2.[Cl-]. The first-order chi connectivity index (χ1) is 15.3. The largest absolute Gasteiger partial charge is 1.00 e. The maximum atomic E-state index is 14.4. The van der Waals surface area contributed by atoms with E-state index < -0.39 is 11.7 Å². The highest BCUT2D eigenvalue weighted by molar-refractivity contribution is 6.11. The van der Waals surface area contributed by atoms with Crippen molar-refractivity contribution in [2.75, 3.05) is 20.8 Å². The van der Waals surface area contributed by atoms with E-state index in [4.69, 9.17) is 9.47 Å². The molecule has 0 fully saturated rings. The highest BCUT2D eigenvalue weighted by atomic mass is 35.5. The number of methoxy groups -OCH3 is 2. The fraction of sp³-hybridized carbons (Fsp3) is 0.240. The number of alkyl halides is 3. The first-order valence-electron chi connectivity index (χ1n) is 10.1. The van der Waals surface area contributed by atoms with E-state index >= 15 is 0 Å². The summed E-state index contributed by atoms with van der Waals surface area (Å²) in [6, 6.07) is 15.3. The average Bonchev–Trinajstić information content (AvgIpc) is 2.79. The summed E-state index contributed by atoms with van der Waals surface area (Å²) in [6.45, 7) is 0.744. The van der Waals surface area contributed by atoms with Gasteiger partial charge in [-0.05, 0) is 48.0 Å². The quantitative estimate of drug-likeness (QED) is 0.414. The highest BCUT2D eigenvalue weighted by Crippen LogP contribution is 2.35. The molecule has 4 rings (SSSR count). The maximum Gasteiger partial charge on any atom is 0.416 e. The normalized spacial score (nSPS) is 13.3. The molecule has 8 heteroatoms. The molecule has 3 aromatic rings. The zero-order valence-corrected chi connectivity index (χ0v) is 18.8. The smallest absolute Gasteiger partial charge is 0.416 e. The Kier molecular flexibility index (Phi) is 7.32. The van der Waals surface area contributed by atoms with Gasteiger partial charge in [0.1, 0.15) is 12.4 Å². The molecule has 0 bridgehead atoms. The summed E-state index contributed by atoms with van der Waals surface area (Å²) in [5, 5.41) is 0. The molecule has 0 saturated carbocycles. The lowest BCUT2D eigenvalue weighted by molar-refractivity contribution is -0.544. The Balaban J connectivity index is 0.00000306. The van der Waals surface area contributed by atoms with Gasteiger partial charge in [-0.1, -0.05) is 18.2 Å². The van der Waals surface area contributed by atoms with E-state index in [-0.39, 0.29) is 24.8 Å². The van der Waals surface area contributed by atoms with Gasteiger partial charge in [-0.15, -0.1) is 0 Å². The molecule has 1 aliphatic heterocycles. The minimum atomic E-state index is -4.47. The maximum absolute atomic E-state index is 14.4. The summed E-state index contributed by atoms with van der Waals surface area (Å²) in [6.07, 6.45) is -3.84. The minimum absolute atomic E-state index is 0. The highest BCUT2D eigenvalue weighted by Gasteiger charge is 2.34. The molecule has 0 N–H and O–H groups in total. The van der Waals surface area contributed by atoms with E-state index in [0.29, 0.717) is 41.3 Å². The van der Waals surface area contributed by atoms with Gasteiger partial charge in [0.05, 0.1) is 30.9 Å². The van der Waals surface area contributed by atoms with Crippen LogP contribution in [0, 0.1) is 5.82 Å². The Labute approximate surface area is 195 Å². The summed E-state index contributed by atoms with van der Waals surface area (Å²) in [5.74, 6) is 0.676. The van der Waals surface area contributed by atoms with Crippen LogP contribution in [-0.2, 0) is 19.1 Å². The number of halogens is 5. The van der Waals surface area contributed by atoms with Crippen molar-refractivity contribution in [1.82, 2.24) is 0 Å². The van der Waals surface area contributed by atoms with E-state index in [1.807, 2.05) is 10.6 Å². The average molecular weight is 480 g/mol. The summed E-state index contributed by atoms with van der Waals surface area (Å²) < 4.78 is 67.5. The molecule has 174 valence electrons. The van der Waals surface area contributed by atoms with Crippen LogP contribution in [0.5, 0.6) is 11.5 Å². The van der Waals surface area contributed by atoms with Crippen LogP contribution in [-0.4, -0.2) is 31.1 Å². The van der Waals surface area contributed by atoms with Crippen molar-refractivity contribution in [2.45, 2.75) is 19.1 Å². The predicted molar refractivity (Wildman–Crippen MR) is 113 cm³/mol. The van der Waals surface area contributed by atoms with Crippen LogP contribution in [0.1, 0.15) is 27.8 Å². The van der Waals surface area contributed by atoms with Crippen molar-refractivity contribution in [1.29, 1.82) is 0 Å². The van der Waals surface area contributed by atoms with E-state index in [2.05, 4.69) is 0 Å². The van der Waals surface area contributed by atoms with Crippen molar-refractivity contribution in [3.63, 3.8) is 0 Å². The van der Waals surface area contributed by atoms with Gasteiger partial charge in [0.25, 0.3) is 0 Å². The van der Waals surface area contributed by atoms with Gasteiger partial charge < -0.3 is 21.9 Å². The lowest BCUT2D eigenvalue weighted by Crippen LogP contribution is -3.00. The Morgan fingerprint density at radius 1 is 0.909 bits per heavy atom. The van der Waals surface area contributed by atoms with Gasteiger partial charge in [0.15, 0.2) is 18.0 Å². The molecule has 1 heterocycles. The Bertz CT molecular complexity index is 1190. The molecule has 0 aliphatic carbocycles. The van der Waals surface area contributed by atoms with Gasteiger partial charge in [-0.3, -0.25) is 0 Å². The molecule has 0 radical (unpaired) electrons. The molecule has 0 aromatic heterocycles. The Morgan fingerprint density at radius 3 is 2.27 bits per heavy atom. The molecule has 0 spiro atoms. The third-order valence-corrected chi connectivity index (χ3v) is 5.61. The molecule has 1 aliphatic rings. The van der Waals surface area contributed by atoms with Crippen LogP contribution in [0.15, 0.2) is 60.7 Å². The number of benzene rings is 3. The fourth-order valence-electron chi connectivity index (χ4n) is 4.06. The van der Waals surface area contributed by atoms with Crippen LogP contribution >= 0.6 is 0 Å². The predicted octanol–water partition coefficient (Wildman–Crippen LogP) is 2.47. The van der Waals surface area contributed by atoms with Crippen LogP contribution in [0.25, 0.3) is 0 Å². The van der Waals surface area contributed by atoms with Crippen molar-refractivity contribution in [3.05, 3.63) is 94.3 Å². The molecule has 33 heavy (non-hydrogen) atoms. The summed E-state index contributed by atoms with van der Waals surface area (Å²) in [7, 11) is 3.04. The van der Waals surface area contributed by atoms with E-state index in [1.54, 1.807) is 30.3 Å². The zero-order valence-electron chi connectivity index (χ0n) is 18.0. The molecular weight excluding hydrogens is 458 g/mol. The number of hydrogen-bond acceptors (Lipinski definition) is 2. The van der Waals surface area contributed by atoms with Crippen molar-refractivity contribution in [3.8, 4) is 11.5 Å². The summed E-state index contributed by atoms with van der Waals surface area (Å²) in [5.41, 5.74) is 2.41. The summed E-state index contributed by atoms with van der Waals surface area (Å²) >= 11 is 0. The van der Waals surface area contributed by atoms with Crippen molar-refractivity contribution in [2.24, 2.45) is 0 Å². The van der Waals surface area contributed by atoms with Crippen LogP contribution < -0.4 is 21.9 Å². The lowest BCUT2D eigenvalue weighted by atomic mass is 9.90. The number of fused-ring (bicyclic) bond motifs is 1. The molecular formula is C25H22ClF4NO2. The van der Waals surface area contributed by atoms with Gasteiger partial charge in [0.2, 0.25) is 5.71 Å². The first-order valence-corrected chi connectivity index (χ1v) is 10.1. The number of nitrogens with zero attached hydrogens (tertiary/aromatic N) is 1.